The third-order valence-electron chi connectivity index (χ3n) is 3.28. The molecule has 3 aromatic rings. The molecule has 0 aliphatic rings. The van der Waals surface area contributed by atoms with E-state index in [4.69, 9.17) is 21.3 Å². The van der Waals surface area contributed by atoms with Crippen LogP contribution in [0.5, 0.6) is 5.95 Å². The predicted molar refractivity (Wildman–Crippen MR) is 91.6 cm³/mol. The Morgan fingerprint density at radius 1 is 1.17 bits per heavy atom. The molecule has 3 rings (SSSR count). The minimum absolute atomic E-state index is 0.237. The van der Waals surface area contributed by atoms with Gasteiger partial charge in [-0.15, -0.1) is 0 Å². The van der Waals surface area contributed by atoms with Gasteiger partial charge in [0.25, 0.3) is 0 Å². The van der Waals surface area contributed by atoms with Crippen molar-refractivity contribution in [1.82, 2.24) is 4.98 Å². The third-order valence-corrected chi connectivity index (χ3v) is 3.53. The van der Waals surface area contributed by atoms with Gasteiger partial charge in [0.2, 0.25) is 5.89 Å². The maximum atomic E-state index is 9.86. The van der Waals surface area contributed by atoms with Crippen molar-refractivity contribution in [2.24, 2.45) is 4.99 Å². The Kier molecular flexibility index (Phi) is 4.59. The second kappa shape index (κ2) is 6.99. The first kappa shape index (κ1) is 15.8. The van der Waals surface area contributed by atoms with Crippen LogP contribution in [0.15, 0.2) is 57.9 Å². The molecule has 0 aliphatic carbocycles. The van der Waals surface area contributed by atoms with Crippen LogP contribution in [0.4, 0.5) is 5.69 Å². The van der Waals surface area contributed by atoms with Crippen molar-refractivity contribution >= 4 is 23.5 Å². The Bertz CT molecular complexity index is 907. The Morgan fingerprint density at radius 2 is 1.88 bits per heavy atom. The highest BCUT2D eigenvalue weighted by Gasteiger charge is 2.12. The van der Waals surface area contributed by atoms with Gasteiger partial charge in [0.15, 0.2) is 5.69 Å². The number of hydrogen-bond acceptors (Lipinski definition) is 5. The summed E-state index contributed by atoms with van der Waals surface area (Å²) in [5.74, 6) is -0.0141. The normalized spacial score (nSPS) is 10.8. The number of oxazole rings is 1. The van der Waals surface area contributed by atoms with Crippen LogP contribution in [0, 0.1) is 11.3 Å². The summed E-state index contributed by atoms with van der Waals surface area (Å²) in [4.78, 5) is 8.47. The molecule has 0 fully saturated rings. The Labute approximate surface area is 143 Å². The number of benzene rings is 2. The molecule has 24 heavy (non-hydrogen) atoms. The molecule has 6 heteroatoms. The zero-order valence-electron chi connectivity index (χ0n) is 12.5. The lowest BCUT2D eigenvalue weighted by Gasteiger charge is -1.95. The van der Waals surface area contributed by atoms with E-state index in [9.17, 15) is 5.11 Å². The van der Waals surface area contributed by atoms with Crippen molar-refractivity contribution in [1.29, 1.82) is 5.26 Å². The largest absolute Gasteiger partial charge is 0.479 e. The molecule has 0 bridgehead atoms. The van der Waals surface area contributed by atoms with Crippen molar-refractivity contribution in [2.75, 3.05) is 0 Å². The van der Waals surface area contributed by atoms with Gasteiger partial charge in [-0.25, -0.2) is 4.98 Å². The number of nitriles is 1. The summed E-state index contributed by atoms with van der Waals surface area (Å²) in [6.07, 6.45) is 1.79. The van der Waals surface area contributed by atoms with E-state index in [2.05, 4.69) is 16.0 Å². The summed E-state index contributed by atoms with van der Waals surface area (Å²) in [5, 5.41) is 19.1. The molecule has 0 saturated heterocycles. The van der Waals surface area contributed by atoms with Gasteiger partial charge < -0.3 is 9.52 Å². The molecule has 5 nitrogen and oxygen atoms in total. The first-order valence-electron chi connectivity index (χ1n) is 7.11. The summed E-state index contributed by atoms with van der Waals surface area (Å²) >= 11 is 5.84. The second-order valence-corrected chi connectivity index (χ2v) is 5.41. The summed E-state index contributed by atoms with van der Waals surface area (Å²) in [6.45, 7) is 0. The van der Waals surface area contributed by atoms with E-state index in [-0.39, 0.29) is 17.5 Å². The number of aliphatic imine (C=N–C) groups is 1. The highest BCUT2D eigenvalue weighted by molar-refractivity contribution is 6.30. The molecule has 0 saturated carbocycles. The fraction of sp³-hybridized carbons (Fsp3) is 0.0556. The Hall–Kier alpha value is -3.10. The molecule has 1 N–H and O–H groups in total. The number of aromatic nitrogens is 1. The van der Waals surface area contributed by atoms with Crippen LogP contribution in [-0.2, 0) is 6.42 Å². The van der Waals surface area contributed by atoms with Crippen LogP contribution in [0.25, 0.3) is 11.5 Å². The van der Waals surface area contributed by atoms with Gasteiger partial charge in [-0.3, -0.25) is 4.99 Å². The van der Waals surface area contributed by atoms with E-state index in [0.29, 0.717) is 22.7 Å². The second-order valence-electron chi connectivity index (χ2n) is 4.98. The Balaban J connectivity index is 1.80. The van der Waals surface area contributed by atoms with E-state index < -0.39 is 0 Å². The van der Waals surface area contributed by atoms with Crippen molar-refractivity contribution in [2.45, 2.75) is 6.42 Å². The lowest BCUT2D eigenvalue weighted by atomic mass is 10.1. The van der Waals surface area contributed by atoms with Crippen LogP contribution >= 0.6 is 11.6 Å². The SMILES string of the molecule is N#CCc1ccc(N=Cc2nc(-c3ccc(Cl)cc3)oc2O)cc1. The minimum Gasteiger partial charge on any atom is -0.479 e. The van der Waals surface area contributed by atoms with Crippen molar-refractivity contribution in [3.05, 3.63) is 64.8 Å². The minimum atomic E-state index is -0.301. The third kappa shape index (κ3) is 3.62. The van der Waals surface area contributed by atoms with Gasteiger partial charge in [-0.1, -0.05) is 23.7 Å². The molecule has 1 heterocycles. The molecule has 2 aromatic carbocycles. The zero-order valence-corrected chi connectivity index (χ0v) is 13.2. The average molecular weight is 338 g/mol. The van der Waals surface area contributed by atoms with Crippen LogP contribution in [-0.4, -0.2) is 16.3 Å². The van der Waals surface area contributed by atoms with Gasteiger partial charge >= 0.3 is 5.95 Å². The lowest BCUT2D eigenvalue weighted by Crippen LogP contribution is -1.83. The Morgan fingerprint density at radius 3 is 2.54 bits per heavy atom. The molecule has 0 amide bonds. The molecule has 0 radical (unpaired) electrons. The number of halogens is 1. The summed E-state index contributed by atoms with van der Waals surface area (Å²) in [7, 11) is 0. The van der Waals surface area contributed by atoms with Crippen molar-refractivity contribution in [3.8, 4) is 23.5 Å². The highest BCUT2D eigenvalue weighted by Crippen LogP contribution is 2.26. The topological polar surface area (TPSA) is 82.4 Å². The number of aromatic hydroxyl groups is 1. The highest BCUT2D eigenvalue weighted by atomic mass is 35.5. The van der Waals surface area contributed by atoms with Crippen molar-refractivity contribution < 1.29 is 9.52 Å². The number of nitrogens with zero attached hydrogens (tertiary/aromatic N) is 3. The van der Waals surface area contributed by atoms with Crippen LogP contribution in [0.3, 0.4) is 0 Å². The van der Waals surface area contributed by atoms with Gasteiger partial charge in [-0.2, -0.15) is 5.26 Å². The molecule has 0 unspecified atom stereocenters. The fourth-order valence-electron chi connectivity index (χ4n) is 2.05. The maximum Gasteiger partial charge on any atom is 0.312 e. The summed E-state index contributed by atoms with van der Waals surface area (Å²) in [6, 6.07) is 16.3. The smallest absolute Gasteiger partial charge is 0.312 e. The maximum absolute atomic E-state index is 9.86. The van der Waals surface area contributed by atoms with E-state index in [1.54, 1.807) is 36.4 Å². The average Bonchev–Trinajstić information content (AvgIpc) is 2.96. The molecular weight excluding hydrogens is 326 g/mol. The van der Waals surface area contributed by atoms with Gasteiger partial charge in [-0.05, 0) is 42.0 Å². The van der Waals surface area contributed by atoms with E-state index >= 15 is 0 Å². The summed E-state index contributed by atoms with van der Waals surface area (Å²) in [5.41, 5.74) is 2.55. The van der Waals surface area contributed by atoms with Crippen LogP contribution < -0.4 is 0 Å². The van der Waals surface area contributed by atoms with Gasteiger partial charge in [0.05, 0.1) is 24.4 Å². The molecule has 118 valence electrons. The zero-order chi connectivity index (χ0) is 16.9. The predicted octanol–water partition coefficient (Wildman–Crippen LogP) is 4.52. The first-order chi connectivity index (χ1) is 11.7. The van der Waals surface area contributed by atoms with E-state index in [1.165, 1.54) is 6.21 Å². The molecule has 0 aliphatic heterocycles. The van der Waals surface area contributed by atoms with Crippen LogP contribution in [0.2, 0.25) is 5.02 Å². The van der Waals surface area contributed by atoms with Crippen molar-refractivity contribution in [3.63, 3.8) is 0 Å². The van der Waals surface area contributed by atoms with Gasteiger partial charge in [0, 0.05) is 10.6 Å². The molecule has 0 atom stereocenters. The summed E-state index contributed by atoms with van der Waals surface area (Å²) < 4.78 is 5.25. The monoisotopic (exact) mass is 337 g/mol. The number of rotatable bonds is 4. The quantitative estimate of drug-likeness (QED) is 0.709. The standard InChI is InChI=1S/C18H12ClN3O2/c19-14-5-3-13(4-6-14)17-22-16(18(23)24-17)11-21-15-7-1-12(2-8-15)9-10-20/h1-8,11,23H,9H2. The lowest BCUT2D eigenvalue weighted by molar-refractivity contribution is 0.337. The molecular formula is C18H12ClN3O2. The number of hydrogen-bond donors (Lipinski definition) is 1. The van der Waals surface area contributed by atoms with Crippen LogP contribution in [0.1, 0.15) is 11.3 Å². The van der Waals surface area contributed by atoms with E-state index in [1.807, 2.05) is 12.1 Å². The first-order valence-corrected chi connectivity index (χ1v) is 7.49. The fourth-order valence-corrected chi connectivity index (χ4v) is 2.18. The van der Waals surface area contributed by atoms with Gasteiger partial charge in [0.1, 0.15) is 0 Å². The van der Waals surface area contributed by atoms with E-state index in [0.717, 1.165) is 5.56 Å². The molecule has 1 aromatic heterocycles. The molecule has 0 spiro atoms.